The van der Waals surface area contributed by atoms with Gasteiger partial charge in [0.1, 0.15) is 16.7 Å². The standard InChI is InChI=1S/C14H9Cl2F3N2O3/c1-5-20-11(10(16)12(22)21(5)14(18)19)7-3-6(13(23)24-2)8(15)4-9(7)17/h3-4,14H,1-2H3. The summed E-state index contributed by atoms with van der Waals surface area (Å²) in [5, 5.41) is -0.935. The van der Waals surface area contributed by atoms with Crippen molar-refractivity contribution in [2.45, 2.75) is 13.5 Å². The number of carbonyl (C=O) groups excluding carboxylic acids is 1. The Morgan fingerprint density at radius 1 is 1.33 bits per heavy atom. The molecule has 1 aromatic carbocycles. The van der Waals surface area contributed by atoms with Gasteiger partial charge in [0, 0.05) is 5.56 Å². The van der Waals surface area contributed by atoms with Crippen LogP contribution in [-0.4, -0.2) is 22.6 Å². The second kappa shape index (κ2) is 6.82. The Labute approximate surface area is 143 Å². The average Bonchev–Trinajstić information content (AvgIpc) is 2.50. The molecule has 0 aliphatic heterocycles. The van der Waals surface area contributed by atoms with Crippen molar-refractivity contribution >= 4 is 29.2 Å². The molecule has 0 saturated carbocycles. The number of ether oxygens (including phenoxy) is 1. The second-order valence-electron chi connectivity index (χ2n) is 4.58. The molecule has 0 spiro atoms. The van der Waals surface area contributed by atoms with Gasteiger partial charge in [-0.05, 0) is 19.1 Å². The third-order valence-corrected chi connectivity index (χ3v) is 3.80. The van der Waals surface area contributed by atoms with Gasteiger partial charge >= 0.3 is 12.5 Å². The Kier molecular flexibility index (Phi) is 5.19. The SMILES string of the molecule is COC(=O)c1cc(-c2nc(C)n(C(F)F)c(=O)c2Cl)c(F)cc1Cl. The minimum atomic E-state index is -3.16. The molecule has 0 N–H and O–H groups in total. The van der Waals surface area contributed by atoms with Gasteiger partial charge in [0.15, 0.2) is 0 Å². The molecule has 0 aliphatic rings. The number of methoxy groups -OCH3 is 1. The van der Waals surface area contributed by atoms with E-state index in [2.05, 4.69) is 9.72 Å². The molecule has 0 bridgehead atoms. The number of halogens is 5. The smallest absolute Gasteiger partial charge is 0.339 e. The number of hydrogen-bond acceptors (Lipinski definition) is 4. The van der Waals surface area contributed by atoms with Gasteiger partial charge in [0.05, 0.1) is 23.4 Å². The molecule has 0 unspecified atom stereocenters. The van der Waals surface area contributed by atoms with Crippen molar-refractivity contribution in [3.63, 3.8) is 0 Å². The summed E-state index contributed by atoms with van der Waals surface area (Å²) in [5.41, 5.74) is -2.14. The maximum atomic E-state index is 14.2. The molecule has 128 valence electrons. The Hall–Kier alpha value is -2.06. The van der Waals surface area contributed by atoms with Crippen LogP contribution in [0.5, 0.6) is 0 Å². The highest BCUT2D eigenvalue weighted by atomic mass is 35.5. The lowest BCUT2D eigenvalue weighted by atomic mass is 10.1. The van der Waals surface area contributed by atoms with Crippen molar-refractivity contribution in [2.75, 3.05) is 7.11 Å². The molecule has 1 aromatic heterocycles. The first-order valence-electron chi connectivity index (χ1n) is 6.33. The quantitative estimate of drug-likeness (QED) is 0.758. The van der Waals surface area contributed by atoms with Crippen LogP contribution in [0.25, 0.3) is 11.3 Å². The van der Waals surface area contributed by atoms with Gasteiger partial charge in [0.2, 0.25) is 0 Å². The topological polar surface area (TPSA) is 61.2 Å². The molecule has 1 heterocycles. The van der Waals surface area contributed by atoms with Crippen LogP contribution in [0.4, 0.5) is 13.2 Å². The average molecular weight is 381 g/mol. The maximum absolute atomic E-state index is 14.2. The van der Waals surface area contributed by atoms with Crippen LogP contribution in [0.3, 0.4) is 0 Å². The molecule has 24 heavy (non-hydrogen) atoms. The summed E-state index contributed by atoms with van der Waals surface area (Å²) in [5.74, 6) is -2.16. The Morgan fingerprint density at radius 2 is 1.96 bits per heavy atom. The number of alkyl halides is 2. The highest BCUT2D eigenvalue weighted by Crippen LogP contribution is 2.31. The van der Waals surface area contributed by atoms with Crippen molar-refractivity contribution in [3.05, 3.63) is 49.7 Å². The number of rotatable bonds is 3. The van der Waals surface area contributed by atoms with E-state index in [-0.39, 0.29) is 32.2 Å². The predicted molar refractivity (Wildman–Crippen MR) is 81.2 cm³/mol. The van der Waals surface area contributed by atoms with Gasteiger partial charge in [0.25, 0.3) is 5.56 Å². The highest BCUT2D eigenvalue weighted by Gasteiger charge is 2.23. The number of benzene rings is 1. The van der Waals surface area contributed by atoms with E-state index in [9.17, 15) is 22.8 Å². The van der Waals surface area contributed by atoms with Gasteiger partial charge < -0.3 is 4.74 Å². The third kappa shape index (κ3) is 3.11. The summed E-state index contributed by atoms with van der Waals surface area (Å²) < 4.78 is 44.5. The molecule has 2 aromatic rings. The first-order valence-corrected chi connectivity index (χ1v) is 7.09. The lowest BCUT2D eigenvalue weighted by Gasteiger charge is -2.13. The van der Waals surface area contributed by atoms with Crippen LogP contribution in [-0.2, 0) is 4.74 Å². The van der Waals surface area contributed by atoms with E-state index < -0.39 is 28.9 Å². The lowest BCUT2D eigenvalue weighted by Crippen LogP contribution is -2.25. The number of aromatic nitrogens is 2. The van der Waals surface area contributed by atoms with Crippen molar-refractivity contribution < 1.29 is 22.7 Å². The normalized spacial score (nSPS) is 11.0. The highest BCUT2D eigenvalue weighted by molar-refractivity contribution is 6.34. The molecule has 5 nitrogen and oxygen atoms in total. The zero-order valence-electron chi connectivity index (χ0n) is 12.2. The fourth-order valence-electron chi connectivity index (χ4n) is 2.02. The minimum Gasteiger partial charge on any atom is -0.465 e. The largest absolute Gasteiger partial charge is 0.465 e. The van der Waals surface area contributed by atoms with E-state index in [0.29, 0.717) is 0 Å². The van der Waals surface area contributed by atoms with Crippen molar-refractivity contribution in [1.29, 1.82) is 0 Å². The molecule has 2 rings (SSSR count). The van der Waals surface area contributed by atoms with E-state index in [1.54, 1.807) is 0 Å². The van der Waals surface area contributed by atoms with Crippen LogP contribution in [0, 0.1) is 12.7 Å². The molecule has 0 radical (unpaired) electrons. The monoisotopic (exact) mass is 380 g/mol. The Morgan fingerprint density at radius 3 is 2.50 bits per heavy atom. The van der Waals surface area contributed by atoms with Crippen LogP contribution in [0.1, 0.15) is 22.7 Å². The second-order valence-corrected chi connectivity index (χ2v) is 5.36. The summed E-state index contributed by atoms with van der Waals surface area (Å²) in [6.45, 7) is -2.01. The molecule has 0 amide bonds. The van der Waals surface area contributed by atoms with E-state index in [1.165, 1.54) is 0 Å². The van der Waals surface area contributed by atoms with Gasteiger partial charge in [-0.15, -0.1) is 0 Å². The Bertz CT molecular complexity index is 885. The van der Waals surface area contributed by atoms with E-state index in [1.807, 2.05) is 0 Å². The zero-order chi connectivity index (χ0) is 18.2. The third-order valence-electron chi connectivity index (χ3n) is 3.15. The van der Waals surface area contributed by atoms with Crippen LogP contribution in [0.2, 0.25) is 10.0 Å². The molecular weight excluding hydrogens is 372 g/mol. The lowest BCUT2D eigenvalue weighted by molar-refractivity contribution is 0.0599. The zero-order valence-corrected chi connectivity index (χ0v) is 13.8. The van der Waals surface area contributed by atoms with Gasteiger partial charge in [-0.3, -0.25) is 4.79 Å². The summed E-state index contributed by atoms with van der Waals surface area (Å²) in [4.78, 5) is 27.4. The predicted octanol–water partition coefficient (Wildman–Crippen LogP) is 3.85. The summed E-state index contributed by atoms with van der Waals surface area (Å²) in [6, 6.07) is 1.80. The minimum absolute atomic E-state index is 0.0703. The van der Waals surface area contributed by atoms with E-state index in [0.717, 1.165) is 26.2 Å². The van der Waals surface area contributed by atoms with Gasteiger partial charge in [-0.25, -0.2) is 18.7 Å². The van der Waals surface area contributed by atoms with Crippen LogP contribution < -0.4 is 5.56 Å². The van der Waals surface area contributed by atoms with Crippen LogP contribution >= 0.6 is 23.2 Å². The van der Waals surface area contributed by atoms with Crippen LogP contribution in [0.15, 0.2) is 16.9 Å². The first kappa shape index (κ1) is 18.3. The number of aryl methyl sites for hydroxylation is 1. The van der Waals surface area contributed by atoms with Gasteiger partial charge in [-0.1, -0.05) is 23.2 Å². The number of esters is 1. The Balaban J connectivity index is 2.78. The molecule has 0 aliphatic carbocycles. The van der Waals surface area contributed by atoms with Gasteiger partial charge in [-0.2, -0.15) is 8.78 Å². The maximum Gasteiger partial charge on any atom is 0.339 e. The van der Waals surface area contributed by atoms with E-state index >= 15 is 0 Å². The van der Waals surface area contributed by atoms with E-state index in [4.69, 9.17) is 23.2 Å². The van der Waals surface area contributed by atoms with Crippen molar-refractivity contribution in [3.8, 4) is 11.3 Å². The number of hydrogen-bond donors (Lipinski definition) is 0. The summed E-state index contributed by atoms with van der Waals surface area (Å²) in [7, 11) is 1.10. The molecule has 0 fully saturated rings. The van der Waals surface area contributed by atoms with Crippen molar-refractivity contribution in [2.24, 2.45) is 0 Å². The summed E-state index contributed by atoms with van der Waals surface area (Å²) >= 11 is 11.6. The number of nitrogens with zero attached hydrogens (tertiary/aromatic N) is 2. The first-order chi connectivity index (χ1) is 11.2. The summed E-state index contributed by atoms with van der Waals surface area (Å²) in [6.07, 6.45) is 0. The molecule has 0 atom stereocenters. The fraction of sp³-hybridized carbons (Fsp3) is 0.214. The fourth-order valence-corrected chi connectivity index (χ4v) is 2.49. The number of carbonyl (C=O) groups is 1. The molecular formula is C14H9Cl2F3N2O3. The molecule has 0 saturated heterocycles. The van der Waals surface area contributed by atoms with Crippen molar-refractivity contribution in [1.82, 2.24) is 9.55 Å². The molecule has 10 heteroatoms.